The summed E-state index contributed by atoms with van der Waals surface area (Å²) in [7, 11) is 3.60. The Kier molecular flexibility index (Phi) is 3.69. The summed E-state index contributed by atoms with van der Waals surface area (Å²) >= 11 is 0. The van der Waals surface area contributed by atoms with Gasteiger partial charge in [-0.3, -0.25) is 9.69 Å². The van der Waals surface area contributed by atoms with Gasteiger partial charge in [0, 0.05) is 6.04 Å². The Morgan fingerprint density at radius 3 is 2.62 bits per heavy atom. The molecule has 1 rings (SSSR count). The molecule has 0 spiro atoms. The molecule has 76 valence electrons. The molecule has 4 heteroatoms. The molecule has 1 saturated carbocycles. The molecule has 13 heavy (non-hydrogen) atoms. The molecule has 0 heterocycles. The van der Waals surface area contributed by atoms with Crippen LogP contribution in [0.4, 0.5) is 0 Å². The van der Waals surface area contributed by atoms with Crippen LogP contribution in [-0.2, 0) is 4.79 Å². The number of carbonyl (C=O) groups is 1. The van der Waals surface area contributed by atoms with Crippen molar-refractivity contribution in [2.24, 2.45) is 0 Å². The van der Waals surface area contributed by atoms with E-state index in [4.69, 9.17) is 5.11 Å². The molecule has 2 N–H and O–H groups in total. The van der Waals surface area contributed by atoms with Gasteiger partial charge < -0.3 is 10.4 Å². The third kappa shape index (κ3) is 3.74. The summed E-state index contributed by atoms with van der Waals surface area (Å²) < 4.78 is 0. The van der Waals surface area contributed by atoms with Crippen LogP contribution in [0.2, 0.25) is 0 Å². The number of rotatable bonds is 6. The molecule has 0 saturated heterocycles. The maximum Gasteiger partial charge on any atom is 0.320 e. The topological polar surface area (TPSA) is 52.6 Å². The predicted octanol–water partition coefficient (Wildman–Crippen LogP) is 0.143. The molecule has 0 aromatic carbocycles. The average Bonchev–Trinajstić information content (AvgIpc) is 2.79. The fourth-order valence-electron chi connectivity index (χ4n) is 1.31. The van der Waals surface area contributed by atoms with Crippen molar-refractivity contribution < 1.29 is 9.90 Å². The van der Waals surface area contributed by atoms with Crippen LogP contribution in [0, 0.1) is 0 Å². The second-order valence-electron chi connectivity index (χ2n) is 3.83. The minimum atomic E-state index is -0.734. The number of carboxylic acids is 1. The van der Waals surface area contributed by atoms with Crippen LogP contribution >= 0.6 is 0 Å². The molecule has 1 aliphatic rings. The van der Waals surface area contributed by atoms with E-state index in [9.17, 15) is 4.79 Å². The third-order valence-electron chi connectivity index (χ3n) is 2.34. The molecule has 0 bridgehead atoms. The lowest BCUT2D eigenvalue weighted by atomic mass is 10.2. The number of aliphatic carboxylic acids is 1. The fourth-order valence-corrected chi connectivity index (χ4v) is 1.31. The Hall–Kier alpha value is -0.610. The number of nitrogens with one attached hydrogen (secondary N) is 1. The Morgan fingerprint density at radius 1 is 1.62 bits per heavy atom. The fraction of sp³-hybridized carbons (Fsp3) is 0.889. The normalized spacial score (nSPS) is 19.0. The van der Waals surface area contributed by atoms with Gasteiger partial charge in [-0.05, 0) is 39.9 Å². The summed E-state index contributed by atoms with van der Waals surface area (Å²) in [5.41, 5.74) is 0. The molecule has 4 nitrogen and oxygen atoms in total. The molecule has 0 radical (unpaired) electrons. The zero-order chi connectivity index (χ0) is 9.84. The lowest BCUT2D eigenvalue weighted by Gasteiger charge is -2.19. The van der Waals surface area contributed by atoms with Gasteiger partial charge in [0.05, 0.1) is 0 Å². The van der Waals surface area contributed by atoms with Crippen molar-refractivity contribution in [2.75, 3.05) is 20.6 Å². The van der Waals surface area contributed by atoms with Crippen molar-refractivity contribution in [3.8, 4) is 0 Å². The summed E-state index contributed by atoms with van der Waals surface area (Å²) in [6.07, 6.45) is 3.18. The van der Waals surface area contributed by atoms with Crippen LogP contribution in [0.1, 0.15) is 19.3 Å². The summed E-state index contributed by atoms with van der Waals surface area (Å²) in [4.78, 5) is 12.5. The molecular weight excluding hydrogens is 168 g/mol. The van der Waals surface area contributed by atoms with Gasteiger partial charge in [0.1, 0.15) is 6.04 Å². The van der Waals surface area contributed by atoms with Crippen molar-refractivity contribution in [1.29, 1.82) is 0 Å². The van der Waals surface area contributed by atoms with E-state index in [1.807, 2.05) is 0 Å². The Labute approximate surface area is 78.9 Å². The van der Waals surface area contributed by atoms with E-state index in [1.165, 1.54) is 12.8 Å². The smallest absolute Gasteiger partial charge is 0.320 e. The maximum absolute atomic E-state index is 10.8. The van der Waals surface area contributed by atoms with E-state index in [0.717, 1.165) is 6.54 Å². The first-order valence-electron chi connectivity index (χ1n) is 4.74. The van der Waals surface area contributed by atoms with Gasteiger partial charge in [-0.1, -0.05) is 0 Å². The third-order valence-corrected chi connectivity index (χ3v) is 2.34. The monoisotopic (exact) mass is 186 g/mol. The highest BCUT2D eigenvalue weighted by Gasteiger charge is 2.23. The van der Waals surface area contributed by atoms with Gasteiger partial charge in [-0.15, -0.1) is 0 Å². The predicted molar refractivity (Wildman–Crippen MR) is 50.8 cm³/mol. The largest absolute Gasteiger partial charge is 0.480 e. The molecule has 1 unspecified atom stereocenters. The van der Waals surface area contributed by atoms with Crippen LogP contribution in [0.3, 0.4) is 0 Å². The number of nitrogens with zero attached hydrogens (tertiary/aromatic N) is 1. The summed E-state index contributed by atoms with van der Waals surface area (Å²) in [5, 5.41) is 12.2. The summed E-state index contributed by atoms with van der Waals surface area (Å²) in [5.74, 6) is -0.734. The maximum atomic E-state index is 10.8. The summed E-state index contributed by atoms with van der Waals surface area (Å²) in [6, 6.07) is 0.308. The van der Waals surface area contributed by atoms with Crippen molar-refractivity contribution >= 4 is 5.97 Å². The van der Waals surface area contributed by atoms with Gasteiger partial charge >= 0.3 is 5.97 Å². The van der Waals surface area contributed by atoms with Gasteiger partial charge in [0.15, 0.2) is 0 Å². The Bertz CT molecular complexity index is 178. The molecule has 1 aliphatic carbocycles. The van der Waals surface area contributed by atoms with Crippen molar-refractivity contribution in [2.45, 2.75) is 31.3 Å². The molecule has 1 fully saturated rings. The van der Waals surface area contributed by atoms with E-state index in [0.29, 0.717) is 12.5 Å². The second kappa shape index (κ2) is 4.58. The molecule has 0 aliphatic heterocycles. The highest BCUT2D eigenvalue weighted by atomic mass is 16.4. The first-order chi connectivity index (χ1) is 6.11. The van der Waals surface area contributed by atoms with Crippen LogP contribution in [0.15, 0.2) is 0 Å². The SMILES string of the molecule is CN(C)C(CCNC1CC1)C(=O)O. The minimum absolute atomic E-state index is 0.355. The van der Waals surface area contributed by atoms with Gasteiger partial charge in [0.2, 0.25) is 0 Å². The Balaban J connectivity index is 2.16. The van der Waals surface area contributed by atoms with E-state index in [-0.39, 0.29) is 6.04 Å². The Morgan fingerprint density at radius 2 is 2.23 bits per heavy atom. The quantitative estimate of drug-likeness (QED) is 0.619. The average molecular weight is 186 g/mol. The van der Waals surface area contributed by atoms with Crippen LogP contribution in [-0.4, -0.2) is 48.7 Å². The minimum Gasteiger partial charge on any atom is -0.480 e. The number of hydrogen-bond donors (Lipinski definition) is 2. The lowest BCUT2D eigenvalue weighted by molar-refractivity contribution is -0.142. The van der Waals surface area contributed by atoms with E-state index in [1.54, 1.807) is 19.0 Å². The zero-order valence-electron chi connectivity index (χ0n) is 8.29. The molecule has 0 aromatic rings. The van der Waals surface area contributed by atoms with Gasteiger partial charge in [-0.25, -0.2) is 0 Å². The molecule has 1 atom stereocenters. The van der Waals surface area contributed by atoms with Crippen LogP contribution in [0.25, 0.3) is 0 Å². The van der Waals surface area contributed by atoms with E-state index < -0.39 is 5.97 Å². The molecule has 0 aromatic heterocycles. The van der Waals surface area contributed by atoms with Crippen molar-refractivity contribution in [3.05, 3.63) is 0 Å². The highest BCUT2D eigenvalue weighted by Crippen LogP contribution is 2.18. The van der Waals surface area contributed by atoms with E-state index in [2.05, 4.69) is 5.32 Å². The lowest BCUT2D eigenvalue weighted by Crippen LogP contribution is -2.38. The van der Waals surface area contributed by atoms with E-state index >= 15 is 0 Å². The van der Waals surface area contributed by atoms with Crippen molar-refractivity contribution in [1.82, 2.24) is 10.2 Å². The van der Waals surface area contributed by atoms with Crippen LogP contribution < -0.4 is 5.32 Å². The van der Waals surface area contributed by atoms with Crippen LogP contribution in [0.5, 0.6) is 0 Å². The number of likely N-dealkylation sites (N-methyl/N-ethyl adjacent to an activating group) is 1. The van der Waals surface area contributed by atoms with Crippen molar-refractivity contribution in [3.63, 3.8) is 0 Å². The number of carboxylic acid groups (broad SMARTS) is 1. The second-order valence-corrected chi connectivity index (χ2v) is 3.83. The van der Waals surface area contributed by atoms with Gasteiger partial charge in [0.25, 0.3) is 0 Å². The number of hydrogen-bond acceptors (Lipinski definition) is 3. The first-order valence-corrected chi connectivity index (χ1v) is 4.74. The first kappa shape index (κ1) is 10.5. The molecule has 0 amide bonds. The highest BCUT2D eigenvalue weighted by molar-refractivity contribution is 5.73. The molecular formula is C9H18N2O2. The van der Waals surface area contributed by atoms with Gasteiger partial charge in [-0.2, -0.15) is 0 Å². The zero-order valence-corrected chi connectivity index (χ0v) is 8.29. The standard InChI is InChI=1S/C9H18N2O2/c1-11(2)8(9(12)13)5-6-10-7-3-4-7/h7-8,10H,3-6H2,1-2H3,(H,12,13). The summed E-state index contributed by atoms with van der Waals surface area (Å²) in [6.45, 7) is 0.805.